The molecule has 0 radical (unpaired) electrons. The van der Waals surface area contributed by atoms with Gasteiger partial charge in [0.2, 0.25) is 0 Å². The number of quaternary nitrogens is 1. The van der Waals surface area contributed by atoms with Crippen molar-refractivity contribution in [3.63, 3.8) is 0 Å². The predicted octanol–water partition coefficient (Wildman–Crippen LogP) is 3.58. The number of hydrogen-bond acceptors (Lipinski definition) is 4. The molecule has 4 nitrogen and oxygen atoms in total. The number of benzene rings is 1. The number of furan rings is 1. The standard InChI is InChI=1S/C19H21NO3S/c1-2-21-19-11-15(12-20-13-16-5-3-9-22-16)7-8-18(19)23-14-17-6-4-10-24-17/h3-11,20H,2,12-14H2,1H3/p+1. The molecule has 0 aliphatic rings. The Balaban J connectivity index is 1.60. The molecule has 1 aromatic carbocycles. The third-order valence-corrected chi connectivity index (χ3v) is 4.41. The van der Waals surface area contributed by atoms with Crippen LogP contribution in [0.4, 0.5) is 0 Å². The van der Waals surface area contributed by atoms with E-state index in [2.05, 4.69) is 28.9 Å². The quantitative estimate of drug-likeness (QED) is 0.645. The Morgan fingerprint density at radius 2 is 2.00 bits per heavy atom. The summed E-state index contributed by atoms with van der Waals surface area (Å²) in [7, 11) is 0. The van der Waals surface area contributed by atoms with Gasteiger partial charge < -0.3 is 19.2 Å². The van der Waals surface area contributed by atoms with Gasteiger partial charge in [0.25, 0.3) is 0 Å². The van der Waals surface area contributed by atoms with Crippen molar-refractivity contribution in [1.29, 1.82) is 0 Å². The Labute approximate surface area is 146 Å². The largest absolute Gasteiger partial charge is 0.490 e. The molecule has 0 atom stereocenters. The van der Waals surface area contributed by atoms with Crippen LogP contribution in [0.5, 0.6) is 11.5 Å². The van der Waals surface area contributed by atoms with Crippen molar-refractivity contribution in [1.82, 2.24) is 0 Å². The number of ether oxygens (including phenoxy) is 2. The summed E-state index contributed by atoms with van der Waals surface area (Å²) in [5.74, 6) is 2.58. The molecule has 3 rings (SSSR count). The molecular weight excluding hydrogens is 322 g/mol. The topological polar surface area (TPSA) is 48.2 Å². The zero-order valence-corrected chi connectivity index (χ0v) is 14.6. The molecule has 0 fully saturated rings. The maximum Gasteiger partial charge on any atom is 0.161 e. The lowest BCUT2D eigenvalue weighted by atomic mass is 10.2. The van der Waals surface area contributed by atoms with Gasteiger partial charge in [-0.1, -0.05) is 6.07 Å². The molecule has 0 saturated carbocycles. The van der Waals surface area contributed by atoms with Crippen molar-refractivity contribution < 1.29 is 19.2 Å². The summed E-state index contributed by atoms with van der Waals surface area (Å²) >= 11 is 1.69. The molecule has 2 aromatic heterocycles. The molecule has 0 unspecified atom stereocenters. The van der Waals surface area contributed by atoms with Crippen molar-refractivity contribution in [2.75, 3.05) is 6.61 Å². The van der Waals surface area contributed by atoms with Gasteiger partial charge in [0, 0.05) is 10.4 Å². The van der Waals surface area contributed by atoms with Crippen molar-refractivity contribution in [2.24, 2.45) is 0 Å². The molecule has 24 heavy (non-hydrogen) atoms. The second kappa shape index (κ2) is 8.57. The first-order valence-electron chi connectivity index (χ1n) is 8.10. The summed E-state index contributed by atoms with van der Waals surface area (Å²) in [4.78, 5) is 1.20. The monoisotopic (exact) mass is 344 g/mol. The molecule has 3 aromatic rings. The third kappa shape index (κ3) is 4.63. The van der Waals surface area contributed by atoms with Crippen LogP contribution >= 0.6 is 11.3 Å². The maximum absolute atomic E-state index is 5.91. The highest BCUT2D eigenvalue weighted by atomic mass is 32.1. The molecule has 0 bridgehead atoms. The van der Waals surface area contributed by atoms with Crippen molar-refractivity contribution in [2.45, 2.75) is 26.6 Å². The Bertz CT molecular complexity index is 723. The first kappa shape index (κ1) is 16.6. The SMILES string of the molecule is CCOc1cc(C[NH2+]Cc2ccco2)ccc1OCc1cccs1. The molecular formula is C19H22NO3S+. The van der Waals surface area contributed by atoms with Crippen LogP contribution in [0.3, 0.4) is 0 Å². The smallest absolute Gasteiger partial charge is 0.161 e. The Morgan fingerprint density at radius 1 is 1.04 bits per heavy atom. The fourth-order valence-corrected chi connectivity index (χ4v) is 3.04. The minimum Gasteiger partial charge on any atom is -0.490 e. The summed E-state index contributed by atoms with van der Waals surface area (Å²) in [6.45, 7) is 4.87. The van der Waals surface area contributed by atoms with Gasteiger partial charge >= 0.3 is 0 Å². The average molecular weight is 344 g/mol. The second-order valence-corrected chi connectivity index (χ2v) is 6.39. The number of hydrogen-bond donors (Lipinski definition) is 1. The molecule has 0 amide bonds. The predicted molar refractivity (Wildman–Crippen MR) is 94.3 cm³/mol. The Kier molecular flexibility index (Phi) is 5.93. The van der Waals surface area contributed by atoms with E-state index in [1.807, 2.05) is 31.2 Å². The van der Waals surface area contributed by atoms with Gasteiger partial charge in [-0.2, -0.15) is 0 Å². The highest BCUT2D eigenvalue weighted by Gasteiger charge is 2.09. The van der Waals surface area contributed by atoms with Crippen LogP contribution in [-0.2, 0) is 19.7 Å². The first-order valence-corrected chi connectivity index (χ1v) is 8.98. The highest BCUT2D eigenvalue weighted by molar-refractivity contribution is 7.09. The van der Waals surface area contributed by atoms with E-state index in [1.165, 1.54) is 10.4 Å². The number of nitrogens with two attached hydrogens (primary N) is 1. The van der Waals surface area contributed by atoms with E-state index >= 15 is 0 Å². The maximum atomic E-state index is 5.91. The van der Waals surface area contributed by atoms with Gasteiger partial charge in [-0.15, -0.1) is 11.3 Å². The summed E-state index contributed by atoms with van der Waals surface area (Å²) in [6, 6.07) is 14.2. The molecule has 0 spiro atoms. The van der Waals surface area contributed by atoms with Gasteiger partial charge in [-0.25, -0.2) is 0 Å². The van der Waals surface area contributed by atoms with Crippen LogP contribution in [0.15, 0.2) is 58.5 Å². The van der Waals surface area contributed by atoms with Gasteiger partial charge in [0.1, 0.15) is 19.7 Å². The van der Waals surface area contributed by atoms with Crippen molar-refractivity contribution in [3.8, 4) is 11.5 Å². The van der Waals surface area contributed by atoms with Crippen LogP contribution in [0.25, 0.3) is 0 Å². The van der Waals surface area contributed by atoms with Crippen molar-refractivity contribution in [3.05, 3.63) is 70.3 Å². The summed E-state index contributed by atoms with van der Waals surface area (Å²) in [5, 5.41) is 4.26. The lowest BCUT2D eigenvalue weighted by molar-refractivity contribution is -0.688. The van der Waals surface area contributed by atoms with E-state index < -0.39 is 0 Å². The molecule has 2 N–H and O–H groups in total. The second-order valence-electron chi connectivity index (χ2n) is 5.36. The van der Waals surface area contributed by atoms with E-state index in [0.29, 0.717) is 13.2 Å². The van der Waals surface area contributed by atoms with Crippen molar-refractivity contribution >= 4 is 11.3 Å². The van der Waals surface area contributed by atoms with Crippen LogP contribution in [-0.4, -0.2) is 6.61 Å². The fraction of sp³-hybridized carbons (Fsp3) is 0.263. The average Bonchev–Trinajstić information content (AvgIpc) is 3.28. The number of rotatable bonds is 9. The first-order chi connectivity index (χ1) is 11.8. The van der Waals surface area contributed by atoms with E-state index in [-0.39, 0.29) is 0 Å². The highest BCUT2D eigenvalue weighted by Crippen LogP contribution is 2.29. The summed E-state index contributed by atoms with van der Waals surface area (Å²) < 4.78 is 17.0. The minimum absolute atomic E-state index is 0.571. The van der Waals surface area contributed by atoms with E-state index in [1.54, 1.807) is 17.6 Å². The van der Waals surface area contributed by atoms with E-state index in [9.17, 15) is 0 Å². The van der Waals surface area contributed by atoms with Crippen LogP contribution in [0, 0.1) is 0 Å². The van der Waals surface area contributed by atoms with Gasteiger partial charge in [-0.05, 0) is 48.7 Å². The molecule has 126 valence electrons. The lowest BCUT2D eigenvalue weighted by Gasteiger charge is -2.12. The third-order valence-electron chi connectivity index (χ3n) is 3.56. The summed E-state index contributed by atoms with van der Waals surface area (Å²) in [6.07, 6.45) is 1.70. The van der Waals surface area contributed by atoms with Crippen LogP contribution in [0.2, 0.25) is 0 Å². The zero-order valence-electron chi connectivity index (χ0n) is 13.7. The zero-order chi connectivity index (χ0) is 16.6. The van der Waals surface area contributed by atoms with Gasteiger partial charge in [-0.3, -0.25) is 0 Å². The Morgan fingerprint density at radius 3 is 2.75 bits per heavy atom. The van der Waals surface area contributed by atoms with Gasteiger partial charge in [0.15, 0.2) is 17.3 Å². The minimum atomic E-state index is 0.571. The molecule has 0 aliphatic heterocycles. The molecule has 0 aliphatic carbocycles. The summed E-state index contributed by atoms with van der Waals surface area (Å²) in [5.41, 5.74) is 1.20. The van der Waals surface area contributed by atoms with Crippen LogP contribution < -0.4 is 14.8 Å². The lowest BCUT2D eigenvalue weighted by Crippen LogP contribution is -2.80. The molecule has 5 heteroatoms. The molecule has 0 saturated heterocycles. The molecule has 2 heterocycles. The normalized spacial score (nSPS) is 10.7. The Hall–Kier alpha value is -2.24. The van der Waals surface area contributed by atoms with Gasteiger partial charge in [0.05, 0.1) is 12.9 Å². The van der Waals surface area contributed by atoms with E-state index in [4.69, 9.17) is 13.9 Å². The van der Waals surface area contributed by atoms with Crippen LogP contribution in [0.1, 0.15) is 23.1 Å². The number of thiophene rings is 1. The van der Waals surface area contributed by atoms with E-state index in [0.717, 1.165) is 30.3 Å². The fourth-order valence-electron chi connectivity index (χ4n) is 2.42.